The fourth-order valence-electron chi connectivity index (χ4n) is 1.67. The average molecular weight is 225 g/mol. The standard InChI is InChI=1S/C14H27NO/c1-2-3-4-5-6-7-10-13-16-14-11-8-9-12-15/h2-11,13-14H2,1H3. The van der Waals surface area contributed by atoms with E-state index in [1.54, 1.807) is 0 Å². The van der Waals surface area contributed by atoms with Crippen molar-refractivity contribution >= 4 is 0 Å². The first-order chi connectivity index (χ1) is 7.91. The molecule has 0 aliphatic rings. The van der Waals surface area contributed by atoms with Gasteiger partial charge in [0.15, 0.2) is 0 Å². The second kappa shape index (κ2) is 14.5. The quantitative estimate of drug-likeness (QED) is 0.460. The highest BCUT2D eigenvalue weighted by Crippen LogP contribution is 2.06. The Balaban J connectivity index is 2.86. The number of ether oxygens (including phenoxy) is 1. The van der Waals surface area contributed by atoms with Gasteiger partial charge in [-0.3, -0.25) is 0 Å². The van der Waals surface area contributed by atoms with Gasteiger partial charge in [-0.05, 0) is 19.3 Å². The molecular weight excluding hydrogens is 198 g/mol. The van der Waals surface area contributed by atoms with Gasteiger partial charge in [0, 0.05) is 19.6 Å². The molecule has 0 N–H and O–H groups in total. The van der Waals surface area contributed by atoms with Gasteiger partial charge in [-0.25, -0.2) is 0 Å². The van der Waals surface area contributed by atoms with Crippen molar-refractivity contribution in [3.8, 4) is 6.07 Å². The molecule has 0 spiro atoms. The van der Waals surface area contributed by atoms with Crippen molar-refractivity contribution in [1.29, 1.82) is 5.26 Å². The zero-order valence-electron chi connectivity index (χ0n) is 10.8. The van der Waals surface area contributed by atoms with Gasteiger partial charge in [-0.15, -0.1) is 0 Å². The monoisotopic (exact) mass is 225 g/mol. The SMILES string of the molecule is CCCCCCCCCOCCCCC#N. The Morgan fingerprint density at radius 2 is 1.38 bits per heavy atom. The maximum Gasteiger partial charge on any atom is 0.0621 e. The van der Waals surface area contributed by atoms with Gasteiger partial charge in [0.25, 0.3) is 0 Å². The summed E-state index contributed by atoms with van der Waals surface area (Å²) < 4.78 is 5.50. The number of hydrogen-bond donors (Lipinski definition) is 0. The van der Waals surface area contributed by atoms with Crippen LogP contribution in [-0.4, -0.2) is 13.2 Å². The highest BCUT2D eigenvalue weighted by atomic mass is 16.5. The molecular formula is C14H27NO. The molecule has 0 unspecified atom stereocenters. The lowest BCUT2D eigenvalue weighted by atomic mass is 10.1. The van der Waals surface area contributed by atoms with E-state index in [1.165, 1.54) is 44.9 Å². The van der Waals surface area contributed by atoms with Gasteiger partial charge < -0.3 is 4.74 Å². The molecule has 0 aliphatic carbocycles. The molecule has 0 bridgehead atoms. The molecule has 0 aromatic rings. The minimum atomic E-state index is 0.667. The van der Waals surface area contributed by atoms with E-state index < -0.39 is 0 Å². The lowest BCUT2D eigenvalue weighted by molar-refractivity contribution is 0.126. The molecule has 0 saturated carbocycles. The average Bonchev–Trinajstić information content (AvgIpc) is 2.31. The third-order valence-electron chi connectivity index (χ3n) is 2.72. The van der Waals surface area contributed by atoms with Crippen molar-refractivity contribution in [2.75, 3.05) is 13.2 Å². The lowest BCUT2D eigenvalue weighted by Gasteiger charge is -2.03. The van der Waals surface area contributed by atoms with Crippen molar-refractivity contribution in [2.45, 2.75) is 71.1 Å². The van der Waals surface area contributed by atoms with Gasteiger partial charge in [-0.2, -0.15) is 5.26 Å². The molecule has 0 rings (SSSR count). The van der Waals surface area contributed by atoms with E-state index in [2.05, 4.69) is 13.0 Å². The Hall–Kier alpha value is -0.550. The molecule has 0 amide bonds. The Morgan fingerprint density at radius 3 is 2.00 bits per heavy atom. The molecule has 2 nitrogen and oxygen atoms in total. The van der Waals surface area contributed by atoms with Gasteiger partial charge in [0.1, 0.15) is 0 Å². The van der Waals surface area contributed by atoms with Crippen molar-refractivity contribution in [1.82, 2.24) is 0 Å². The van der Waals surface area contributed by atoms with E-state index in [0.717, 1.165) is 26.1 Å². The number of nitriles is 1. The number of hydrogen-bond acceptors (Lipinski definition) is 2. The van der Waals surface area contributed by atoms with Crippen LogP contribution in [0.4, 0.5) is 0 Å². The Bertz CT molecular complexity index is 163. The molecule has 0 saturated heterocycles. The van der Waals surface area contributed by atoms with Crippen LogP contribution in [0.15, 0.2) is 0 Å². The van der Waals surface area contributed by atoms with Gasteiger partial charge >= 0.3 is 0 Å². The molecule has 0 atom stereocenters. The highest BCUT2D eigenvalue weighted by Gasteiger charge is 1.92. The fourth-order valence-corrected chi connectivity index (χ4v) is 1.67. The van der Waals surface area contributed by atoms with E-state index in [1.807, 2.05) is 0 Å². The first-order valence-corrected chi connectivity index (χ1v) is 6.86. The highest BCUT2D eigenvalue weighted by molar-refractivity contribution is 4.67. The predicted molar refractivity (Wildman–Crippen MR) is 68.3 cm³/mol. The van der Waals surface area contributed by atoms with Crippen LogP contribution in [0.1, 0.15) is 71.1 Å². The molecule has 0 aliphatic heterocycles. The van der Waals surface area contributed by atoms with Crippen LogP contribution >= 0.6 is 0 Å². The Labute approximate surface area is 101 Å². The predicted octanol–water partition coefficient (Wildman–Crippen LogP) is 4.45. The topological polar surface area (TPSA) is 33.0 Å². The molecule has 0 radical (unpaired) electrons. The molecule has 0 aromatic carbocycles. The number of unbranched alkanes of at least 4 members (excludes halogenated alkanes) is 8. The maximum atomic E-state index is 8.34. The van der Waals surface area contributed by atoms with Crippen LogP contribution in [-0.2, 0) is 4.74 Å². The van der Waals surface area contributed by atoms with Crippen molar-refractivity contribution in [3.63, 3.8) is 0 Å². The molecule has 16 heavy (non-hydrogen) atoms. The van der Waals surface area contributed by atoms with Gasteiger partial charge in [-0.1, -0.05) is 45.4 Å². The van der Waals surface area contributed by atoms with E-state index in [-0.39, 0.29) is 0 Å². The molecule has 94 valence electrons. The Morgan fingerprint density at radius 1 is 0.812 bits per heavy atom. The fraction of sp³-hybridized carbons (Fsp3) is 0.929. The zero-order chi connectivity index (χ0) is 11.9. The van der Waals surface area contributed by atoms with E-state index in [9.17, 15) is 0 Å². The van der Waals surface area contributed by atoms with Gasteiger partial charge in [0.2, 0.25) is 0 Å². The van der Waals surface area contributed by atoms with Crippen molar-refractivity contribution in [2.24, 2.45) is 0 Å². The van der Waals surface area contributed by atoms with Crippen LogP contribution in [0.2, 0.25) is 0 Å². The van der Waals surface area contributed by atoms with E-state index >= 15 is 0 Å². The first-order valence-electron chi connectivity index (χ1n) is 6.86. The first kappa shape index (κ1) is 15.4. The van der Waals surface area contributed by atoms with Crippen LogP contribution < -0.4 is 0 Å². The largest absolute Gasteiger partial charge is 0.381 e. The van der Waals surface area contributed by atoms with Crippen LogP contribution in [0.25, 0.3) is 0 Å². The summed E-state index contributed by atoms with van der Waals surface area (Å²) in [4.78, 5) is 0. The third kappa shape index (κ3) is 13.4. The van der Waals surface area contributed by atoms with Crippen molar-refractivity contribution < 1.29 is 4.74 Å². The normalized spacial score (nSPS) is 10.2. The summed E-state index contributed by atoms with van der Waals surface area (Å²) in [6.07, 6.45) is 12.0. The summed E-state index contributed by atoms with van der Waals surface area (Å²) in [7, 11) is 0. The summed E-state index contributed by atoms with van der Waals surface area (Å²) in [5, 5.41) is 8.34. The van der Waals surface area contributed by atoms with Crippen LogP contribution in [0.3, 0.4) is 0 Å². The van der Waals surface area contributed by atoms with E-state index in [4.69, 9.17) is 10.00 Å². The minimum Gasteiger partial charge on any atom is -0.381 e. The molecule has 0 aromatic heterocycles. The number of rotatable bonds is 12. The summed E-state index contributed by atoms with van der Waals surface area (Å²) in [5.41, 5.74) is 0. The zero-order valence-corrected chi connectivity index (χ0v) is 10.8. The summed E-state index contributed by atoms with van der Waals surface area (Å²) >= 11 is 0. The Kier molecular flexibility index (Phi) is 14.0. The van der Waals surface area contributed by atoms with Crippen molar-refractivity contribution in [3.05, 3.63) is 0 Å². The minimum absolute atomic E-state index is 0.667. The maximum absolute atomic E-state index is 8.34. The van der Waals surface area contributed by atoms with Gasteiger partial charge in [0.05, 0.1) is 6.07 Å². The molecule has 2 heteroatoms. The van der Waals surface area contributed by atoms with Crippen LogP contribution in [0.5, 0.6) is 0 Å². The molecule has 0 fully saturated rings. The smallest absolute Gasteiger partial charge is 0.0621 e. The third-order valence-corrected chi connectivity index (χ3v) is 2.72. The second-order valence-corrected chi connectivity index (χ2v) is 4.35. The van der Waals surface area contributed by atoms with E-state index in [0.29, 0.717) is 6.42 Å². The summed E-state index contributed by atoms with van der Waals surface area (Å²) in [5.74, 6) is 0. The van der Waals surface area contributed by atoms with Crippen LogP contribution in [0, 0.1) is 11.3 Å². The second-order valence-electron chi connectivity index (χ2n) is 4.35. The summed E-state index contributed by atoms with van der Waals surface area (Å²) in [6.45, 7) is 3.98. The molecule has 0 heterocycles. The summed E-state index contributed by atoms with van der Waals surface area (Å²) in [6, 6.07) is 2.15. The lowest BCUT2D eigenvalue weighted by Crippen LogP contribution is -1.97. The number of nitrogens with zero attached hydrogens (tertiary/aromatic N) is 1.